The van der Waals surface area contributed by atoms with Crippen LogP contribution in [0.1, 0.15) is 32.3 Å². The number of nitrogens with one attached hydrogen (secondary N) is 1. The quantitative estimate of drug-likeness (QED) is 0.792. The highest BCUT2D eigenvalue weighted by Gasteiger charge is 2.18. The SMILES string of the molecule is CC(NC(C)C(C)c1ccccc1)C(N)=O. The molecule has 0 aliphatic rings. The van der Waals surface area contributed by atoms with E-state index in [4.69, 9.17) is 5.73 Å². The molecule has 0 bridgehead atoms. The molecule has 16 heavy (non-hydrogen) atoms. The first-order chi connectivity index (χ1) is 7.52. The third kappa shape index (κ3) is 3.35. The van der Waals surface area contributed by atoms with Crippen LogP contribution < -0.4 is 11.1 Å². The van der Waals surface area contributed by atoms with Gasteiger partial charge in [-0.2, -0.15) is 0 Å². The molecule has 88 valence electrons. The van der Waals surface area contributed by atoms with Gasteiger partial charge in [-0.25, -0.2) is 0 Å². The molecule has 0 radical (unpaired) electrons. The largest absolute Gasteiger partial charge is 0.368 e. The maximum absolute atomic E-state index is 11.0. The van der Waals surface area contributed by atoms with E-state index in [9.17, 15) is 4.79 Å². The Morgan fingerprint density at radius 1 is 1.19 bits per heavy atom. The van der Waals surface area contributed by atoms with Gasteiger partial charge >= 0.3 is 0 Å². The van der Waals surface area contributed by atoms with E-state index in [-0.39, 0.29) is 18.0 Å². The minimum atomic E-state index is -0.313. The lowest BCUT2D eigenvalue weighted by molar-refractivity contribution is -0.119. The van der Waals surface area contributed by atoms with Crippen molar-refractivity contribution in [3.8, 4) is 0 Å². The summed E-state index contributed by atoms with van der Waals surface area (Å²) in [6.07, 6.45) is 0. The van der Waals surface area contributed by atoms with Crippen molar-refractivity contribution in [3.05, 3.63) is 35.9 Å². The number of carbonyl (C=O) groups excluding carboxylic acids is 1. The van der Waals surface area contributed by atoms with Gasteiger partial charge in [0.1, 0.15) is 0 Å². The number of primary amides is 1. The van der Waals surface area contributed by atoms with Crippen LogP contribution in [-0.4, -0.2) is 18.0 Å². The third-order valence-corrected chi connectivity index (χ3v) is 3.02. The van der Waals surface area contributed by atoms with Crippen molar-refractivity contribution in [3.63, 3.8) is 0 Å². The summed E-state index contributed by atoms with van der Waals surface area (Å²) >= 11 is 0. The molecule has 0 aliphatic carbocycles. The van der Waals surface area contributed by atoms with Gasteiger partial charge in [-0.15, -0.1) is 0 Å². The van der Waals surface area contributed by atoms with Crippen LogP contribution in [0.3, 0.4) is 0 Å². The van der Waals surface area contributed by atoms with E-state index in [2.05, 4.69) is 31.3 Å². The van der Waals surface area contributed by atoms with Crippen LogP contribution >= 0.6 is 0 Å². The van der Waals surface area contributed by atoms with Crippen LogP contribution in [0.2, 0.25) is 0 Å². The first-order valence-electron chi connectivity index (χ1n) is 5.62. The Hall–Kier alpha value is -1.35. The highest BCUT2D eigenvalue weighted by molar-refractivity contribution is 5.79. The van der Waals surface area contributed by atoms with E-state index >= 15 is 0 Å². The predicted octanol–water partition coefficient (Wildman–Crippen LogP) is 1.64. The zero-order valence-corrected chi connectivity index (χ0v) is 10.1. The monoisotopic (exact) mass is 220 g/mol. The average molecular weight is 220 g/mol. The van der Waals surface area contributed by atoms with Crippen LogP contribution in [0.5, 0.6) is 0 Å². The lowest BCUT2D eigenvalue weighted by Gasteiger charge is -2.24. The van der Waals surface area contributed by atoms with E-state index in [1.165, 1.54) is 5.56 Å². The molecular formula is C13H20N2O. The normalized spacial score (nSPS) is 16.4. The van der Waals surface area contributed by atoms with Crippen molar-refractivity contribution < 1.29 is 4.79 Å². The molecule has 1 rings (SSSR count). The molecule has 3 atom stereocenters. The molecule has 0 spiro atoms. The van der Waals surface area contributed by atoms with Gasteiger partial charge in [0.25, 0.3) is 0 Å². The zero-order valence-electron chi connectivity index (χ0n) is 10.1. The molecule has 3 nitrogen and oxygen atoms in total. The summed E-state index contributed by atoms with van der Waals surface area (Å²) in [5, 5.41) is 3.20. The number of rotatable bonds is 5. The molecule has 0 heterocycles. The van der Waals surface area contributed by atoms with Gasteiger partial charge in [0.2, 0.25) is 5.91 Å². The van der Waals surface area contributed by atoms with Gasteiger partial charge in [-0.05, 0) is 25.3 Å². The molecule has 0 aromatic heterocycles. The lowest BCUT2D eigenvalue weighted by Crippen LogP contribution is -2.45. The van der Waals surface area contributed by atoms with Crippen LogP contribution in [0, 0.1) is 0 Å². The Bertz CT molecular complexity index is 337. The van der Waals surface area contributed by atoms with Crippen LogP contribution in [-0.2, 0) is 4.79 Å². The van der Waals surface area contributed by atoms with Crippen molar-refractivity contribution in [1.29, 1.82) is 0 Å². The van der Waals surface area contributed by atoms with Gasteiger partial charge < -0.3 is 11.1 Å². The maximum Gasteiger partial charge on any atom is 0.234 e. The number of hydrogen-bond acceptors (Lipinski definition) is 2. The second-order valence-electron chi connectivity index (χ2n) is 4.28. The highest BCUT2D eigenvalue weighted by atomic mass is 16.1. The maximum atomic E-state index is 11.0. The Morgan fingerprint density at radius 2 is 1.75 bits per heavy atom. The van der Waals surface area contributed by atoms with Crippen LogP contribution in [0.25, 0.3) is 0 Å². The highest BCUT2D eigenvalue weighted by Crippen LogP contribution is 2.18. The van der Waals surface area contributed by atoms with Crippen molar-refractivity contribution in [2.45, 2.75) is 38.8 Å². The van der Waals surface area contributed by atoms with E-state index in [0.717, 1.165) is 0 Å². The second-order valence-corrected chi connectivity index (χ2v) is 4.28. The standard InChI is InChI=1S/C13H20N2O/c1-9(12-7-5-4-6-8-12)10(2)15-11(3)13(14)16/h4-11,15H,1-3H3,(H2,14,16). The van der Waals surface area contributed by atoms with Crippen LogP contribution in [0.4, 0.5) is 0 Å². The Balaban J connectivity index is 2.61. The zero-order chi connectivity index (χ0) is 12.1. The average Bonchev–Trinajstić information content (AvgIpc) is 2.28. The van der Waals surface area contributed by atoms with Gasteiger partial charge in [0.15, 0.2) is 0 Å². The summed E-state index contributed by atoms with van der Waals surface area (Å²) in [6.45, 7) is 5.99. The topological polar surface area (TPSA) is 55.1 Å². The fourth-order valence-corrected chi connectivity index (χ4v) is 1.67. The summed E-state index contributed by atoms with van der Waals surface area (Å²) < 4.78 is 0. The van der Waals surface area contributed by atoms with Gasteiger partial charge in [0.05, 0.1) is 6.04 Å². The molecule has 0 saturated carbocycles. The minimum absolute atomic E-state index is 0.213. The number of benzene rings is 1. The molecule has 1 amide bonds. The van der Waals surface area contributed by atoms with E-state index in [1.54, 1.807) is 6.92 Å². The molecular weight excluding hydrogens is 200 g/mol. The second kappa shape index (κ2) is 5.66. The third-order valence-electron chi connectivity index (χ3n) is 3.02. The van der Waals surface area contributed by atoms with E-state index < -0.39 is 0 Å². The van der Waals surface area contributed by atoms with Crippen LogP contribution in [0.15, 0.2) is 30.3 Å². The fraction of sp³-hybridized carbons (Fsp3) is 0.462. The molecule has 3 unspecified atom stereocenters. The van der Waals surface area contributed by atoms with Crippen molar-refractivity contribution in [1.82, 2.24) is 5.32 Å². The predicted molar refractivity (Wildman–Crippen MR) is 66.1 cm³/mol. The molecule has 0 aliphatic heterocycles. The molecule has 3 heteroatoms. The van der Waals surface area contributed by atoms with Gasteiger partial charge in [-0.3, -0.25) is 4.79 Å². The molecule has 3 N–H and O–H groups in total. The number of carbonyl (C=O) groups is 1. The Labute approximate surface area is 97.0 Å². The summed E-state index contributed by atoms with van der Waals surface area (Å²) in [5.74, 6) is 0.0371. The number of hydrogen-bond donors (Lipinski definition) is 2. The van der Waals surface area contributed by atoms with Crippen molar-refractivity contribution in [2.75, 3.05) is 0 Å². The number of amides is 1. The lowest BCUT2D eigenvalue weighted by atomic mass is 9.94. The molecule has 1 aromatic carbocycles. The smallest absolute Gasteiger partial charge is 0.234 e. The van der Waals surface area contributed by atoms with Gasteiger partial charge in [-0.1, -0.05) is 37.3 Å². The first-order valence-corrected chi connectivity index (χ1v) is 5.62. The minimum Gasteiger partial charge on any atom is -0.368 e. The Kier molecular flexibility index (Phi) is 4.50. The summed E-state index contributed by atoms with van der Waals surface area (Å²) in [7, 11) is 0. The van der Waals surface area contributed by atoms with Crippen molar-refractivity contribution in [2.24, 2.45) is 5.73 Å². The molecule has 0 fully saturated rings. The summed E-state index contributed by atoms with van der Waals surface area (Å²) in [4.78, 5) is 11.0. The molecule has 1 aromatic rings. The Morgan fingerprint density at radius 3 is 2.25 bits per heavy atom. The summed E-state index contributed by atoms with van der Waals surface area (Å²) in [5.41, 5.74) is 6.48. The van der Waals surface area contributed by atoms with E-state index in [0.29, 0.717) is 5.92 Å². The fourth-order valence-electron chi connectivity index (χ4n) is 1.67. The number of nitrogens with two attached hydrogens (primary N) is 1. The van der Waals surface area contributed by atoms with E-state index in [1.807, 2.05) is 18.2 Å². The van der Waals surface area contributed by atoms with Crippen molar-refractivity contribution >= 4 is 5.91 Å². The van der Waals surface area contributed by atoms with Gasteiger partial charge in [0, 0.05) is 6.04 Å². The molecule has 0 saturated heterocycles. The first kappa shape index (κ1) is 12.7. The summed E-state index contributed by atoms with van der Waals surface area (Å²) in [6, 6.07) is 10.2.